The fraction of sp³-hybridized carbons (Fsp3) is 0.389. The predicted octanol–water partition coefficient (Wildman–Crippen LogP) is 2.70. The first-order valence-corrected chi connectivity index (χ1v) is 10.6. The number of piperidine rings is 1. The molecule has 1 aromatic heterocycles. The highest BCUT2D eigenvalue weighted by Gasteiger charge is 2.38. The van der Waals surface area contributed by atoms with Crippen molar-refractivity contribution in [1.29, 1.82) is 0 Å². The Bertz CT molecular complexity index is 1050. The van der Waals surface area contributed by atoms with Gasteiger partial charge in [-0.25, -0.2) is 9.78 Å². The van der Waals surface area contributed by atoms with Gasteiger partial charge in [0, 0.05) is 5.92 Å². The lowest BCUT2D eigenvalue weighted by atomic mass is 9.97. The zero-order valence-electron chi connectivity index (χ0n) is 16.0. The summed E-state index contributed by atoms with van der Waals surface area (Å²) in [6, 6.07) is 6.84. The number of nitrogens with one attached hydrogen (secondary N) is 1. The van der Waals surface area contributed by atoms with Crippen LogP contribution < -0.4 is 5.32 Å². The molecule has 2 N–H and O–H groups in total. The Balaban J connectivity index is 0.000000339. The van der Waals surface area contributed by atoms with Crippen LogP contribution in [0.1, 0.15) is 24.7 Å². The van der Waals surface area contributed by atoms with E-state index in [-0.39, 0.29) is 4.90 Å². The number of oxazole rings is 1. The standard InChI is InChI=1S/C16H18N4O3S.C2HF3O2/c21-24(22)14-4-2-1-3-13(14)18-15(19-24)11-20-8-5-12(6-9-20)16-17-7-10-23-16;3-2(4,5)1(6)7/h1-4,7,10,12H,5-6,8-9,11H2,(H,18,19);(H,6,7). The molecule has 1 fully saturated rings. The van der Waals surface area contributed by atoms with Crippen LogP contribution in [0.25, 0.3) is 0 Å². The molecule has 13 heteroatoms. The lowest BCUT2D eigenvalue weighted by molar-refractivity contribution is -0.192. The molecule has 4 rings (SSSR count). The quantitative estimate of drug-likeness (QED) is 0.716. The number of para-hydroxylation sites is 1. The normalized spacial score (nSPS) is 18.7. The lowest BCUT2D eigenvalue weighted by Crippen LogP contribution is -2.40. The number of rotatable bonds is 3. The third-order valence-corrected chi connectivity index (χ3v) is 6.05. The summed E-state index contributed by atoms with van der Waals surface area (Å²) in [5.74, 6) is -1.16. The number of fused-ring (bicyclic) bond motifs is 1. The van der Waals surface area contributed by atoms with Gasteiger partial charge in [0.1, 0.15) is 17.0 Å². The van der Waals surface area contributed by atoms with Gasteiger partial charge >= 0.3 is 12.1 Å². The number of carboxylic acid groups (broad SMARTS) is 1. The summed E-state index contributed by atoms with van der Waals surface area (Å²) in [5, 5.41) is 10.3. The summed E-state index contributed by atoms with van der Waals surface area (Å²) in [4.78, 5) is 15.6. The number of aliphatic carboxylic acids is 1. The zero-order chi connectivity index (χ0) is 22.6. The first kappa shape index (κ1) is 22.7. The molecule has 0 radical (unpaired) electrons. The summed E-state index contributed by atoms with van der Waals surface area (Å²) in [6.07, 6.45) is 0.0731. The van der Waals surface area contributed by atoms with Crippen molar-refractivity contribution in [2.24, 2.45) is 4.40 Å². The van der Waals surface area contributed by atoms with Crippen LogP contribution in [-0.4, -0.2) is 61.0 Å². The summed E-state index contributed by atoms with van der Waals surface area (Å²) >= 11 is 0. The van der Waals surface area contributed by atoms with E-state index in [4.69, 9.17) is 14.3 Å². The van der Waals surface area contributed by atoms with E-state index in [0.29, 0.717) is 24.0 Å². The summed E-state index contributed by atoms with van der Waals surface area (Å²) < 4.78 is 65.6. The highest BCUT2D eigenvalue weighted by molar-refractivity contribution is 7.90. The Morgan fingerprint density at radius 3 is 2.48 bits per heavy atom. The van der Waals surface area contributed by atoms with Crippen LogP contribution in [0.3, 0.4) is 0 Å². The molecule has 9 nitrogen and oxygen atoms in total. The van der Waals surface area contributed by atoms with Gasteiger partial charge in [0.25, 0.3) is 10.0 Å². The van der Waals surface area contributed by atoms with Gasteiger partial charge in [-0.3, -0.25) is 4.90 Å². The molecule has 0 bridgehead atoms. The van der Waals surface area contributed by atoms with E-state index >= 15 is 0 Å². The van der Waals surface area contributed by atoms with Crippen LogP contribution in [0, 0.1) is 0 Å². The zero-order valence-corrected chi connectivity index (χ0v) is 16.9. The SMILES string of the molecule is O=C(O)C(F)(F)F.O=S1(=O)N=C(CN2CCC(c3ncco3)CC2)Nc2ccccc21. The van der Waals surface area contributed by atoms with Gasteiger partial charge in [0.2, 0.25) is 0 Å². The molecule has 0 amide bonds. The van der Waals surface area contributed by atoms with Crippen molar-refractivity contribution < 1.29 is 35.9 Å². The largest absolute Gasteiger partial charge is 0.490 e. The molecule has 2 aliphatic rings. The number of nitrogens with zero attached hydrogens (tertiary/aromatic N) is 3. The second-order valence-corrected chi connectivity index (χ2v) is 8.43. The first-order valence-electron chi connectivity index (χ1n) is 9.18. The van der Waals surface area contributed by atoms with Crippen LogP contribution in [0.15, 0.2) is 50.4 Å². The highest BCUT2D eigenvalue weighted by Crippen LogP contribution is 2.29. The van der Waals surface area contributed by atoms with Gasteiger partial charge in [-0.2, -0.15) is 21.6 Å². The number of sulfonamides is 1. The average molecular weight is 460 g/mol. The number of likely N-dealkylation sites (tertiary alicyclic amines) is 1. The molecule has 2 aliphatic heterocycles. The topological polar surface area (TPSA) is 125 Å². The number of hydrogen-bond donors (Lipinski definition) is 2. The molecule has 168 valence electrons. The molecule has 0 saturated carbocycles. The Hall–Kier alpha value is -2.93. The number of benzene rings is 1. The molecule has 31 heavy (non-hydrogen) atoms. The fourth-order valence-corrected chi connectivity index (χ4v) is 4.36. The molecule has 0 atom stereocenters. The fourth-order valence-electron chi connectivity index (χ4n) is 3.22. The van der Waals surface area contributed by atoms with Crippen molar-refractivity contribution >= 4 is 27.5 Å². The van der Waals surface area contributed by atoms with Gasteiger partial charge in [0.15, 0.2) is 5.89 Å². The second-order valence-electron chi connectivity index (χ2n) is 6.86. The number of carboxylic acids is 1. The van der Waals surface area contributed by atoms with Crippen molar-refractivity contribution in [3.8, 4) is 0 Å². The number of aromatic nitrogens is 1. The second kappa shape index (κ2) is 9.06. The van der Waals surface area contributed by atoms with E-state index in [9.17, 15) is 21.6 Å². The maximum atomic E-state index is 12.3. The van der Waals surface area contributed by atoms with E-state index in [2.05, 4.69) is 19.6 Å². The Kier molecular flexibility index (Phi) is 6.65. The number of carbonyl (C=O) groups is 1. The average Bonchev–Trinajstić information content (AvgIpc) is 3.23. The van der Waals surface area contributed by atoms with Gasteiger partial charge in [-0.05, 0) is 38.1 Å². The van der Waals surface area contributed by atoms with Gasteiger partial charge < -0.3 is 14.8 Å². The predicted molar refractivity (Wildman–Crippen MR) is 103 cm³/mol. The minimum absolute atomic E-state index is 0.233. The van der Waals surface area contributed by atoms with Crippen LogP contribution in [0.2, 0.25) is 0 Å². The Morgan fingerprint density at radius 1 is 1.26 bits per heavy atom. The van der Waals surface area contributed by atoms with Crippen LogP contribution in [0.5, 0.6) is 0 Å². The number of halogens is 3. The van der Waals surface area contributed by atoms with Crippen LogP contribution >= 0.6 is 0 Å². The molecule has 0 unspecified atom stereocenters. The van der Waals surface area contributed by atoms with Crippen LogP contribution in [0.4, 0.5) is 18.9 Å². The molecule has 1 saturated heterocycles. The van der Waals surface area contributed by atoms with Crippen molar-refractivity contribution in [3.05, 3.63) is 42.6 Å². The summed E-state index contributed by atoms with van der Waals surface area (Å²) in [7, 11) is -3.61. The molecule has 0 aliphatic carbocycles. The van der Waals surface area contributed by atoms with Gasteiger partial charge in [0.05, 0.1) is 18.4 Å². The maximum Gasteiger partial charge on any atom is 0.490 e. The Morgan fingerprint density at radius 2 is 1.90 bits per heavy atom. The van der Waals surface area contributed by atoms with E-state index in [1.54, 1.807) is 30.7 Å². The van der Waals surface area contributed by atoms with Crippen molar-refractivity contribution in [2.75, 3.05) is 25.0 Å². The van der Waals surface area contributed by atoms with Crippen molar-refractivity contribution in [2.45, 2.75) is 29.8 Å². The van der Waals surface area contributed by atoms with Crippen molar-refractivity contribution in [3.63, 3.8) is 0 Å². The first-order chi connectivity index (χ1) is 14.6. The number of amidine groups is 1. The van der Waals surface area contributed by atoms with Gasteiger partial charge in [-0.15, -0.1) is 4.40 Å². The number of anilines is 1. The monoisotopic (exact) mass is 460 g/mol. The van der Waals surface area contributed by atoms with E-state index in [0.717, 1.165) is 31.8 Å². The molecule has 2 aromatic rings. The van der Waals surface area contributed by atoms with E-state index < -0.39 is 22.2 Å². The molecule has 1 aromatic carbocycles. The molecular weight excluding hydrogens is 441 g/mol. The molecule has 3 heterocycles. The number of hydrogen-bond acceptors (Lipinski definition) is 7. The van der Waals surface area contributed by atoms with Crippen LogP contribution in [-0.2, 0) is 14.8 Å². The minimum atomic E-state index is -5.08. The summed E-state index contributed by atoms with van der Waals surface area (Å²) in [5.41, 5.74) is 0.595. The maximum absolute atomic E-state index is 12.3. The number of alkyl halides is 3. The highest BCUT2D eigenvalue weighted by atomic mass is 32.2. The van der Waals surface area contributed by atoms with Gasteiger partial charge in [-0.1, -0.05) is 12.1 Å². The van der Waals surface area contributed by atoms with E-state index in [1.165, 1.54) is 0 Å². The molecule has 0 spiro atoms. The summed E-state index contributed by atoms with van der Waals surface area (Å²) in [6.45, 7) is 2.21. The lowest BCUT2D eigenvalue weighted by Gasteiger charge is -2.31. The smallest absolute Gasteiger partial charge is 0.475 e. The molecular formula is C18H19F3N4O5S. The van der Waals surface area contributed by atoms with E-state index in [1.807, 2.05) is 6.07 Å². The Labute approximate surface area is 175 Å². The van der Waals surface area contributed by atoms with Crippen molar-refractivity contribution in [1.82, 2.24) is 9.88 Å². The minimum Gasteiger partial charge on any atom is -0.475 e. The third kappa shape index (κ3) is 5.82. The third-order valence-electron chi connectivity index (χ3n) is 4.68.